The van der Waals surface area contributed by atoms with Gasteiger partial charge < -0.3 is 4.90 Å². The first-order valence-electron chi connectivity index (χ1n) is 13.0. The summed E-state index contributed by atoms with van der Waals surface area (Å²) in [4.78, 5) is 8.86. The Morgan fingerprint density at radius 2 is 1.32 bits per heavy atom. The summed E-state index contributed by atoms with van der Waals surface area (Å²) in [6.45, 7) is 0. The zero-order valence-corrected chi connectivity index (χ0v) is 21.7. The molecular formula is C35H26N2S. The predicted molar refractivity (Wildman–Crippen MR) is 161 cm³/mol. The molecule has 1 atom stereocenters. The average molecular weight is 507 g/mol. The summed E-state index contributed by atoms with van der Waals surface area (Å²) in [5.74, 6) is 0. The molecule has 5 aromatic carbocycles. The Hall–Kier alpha value is -4.34. The highest BCUT2D eigenvalue weighted by Gasteiger charge is 2.31. The van der Waals surface area contributed by atoms with Gasteiger partial charge in [-0.15, -0.1) is 11.8 Å². The Balaban J connectivity index is 1.29. The Kier molecular flexibility index (Phi) is 5.91. The van der Waals surface area contributed by atoms with E-state index < -0.39 is 0 Å². The van der Waals surface area contributed by atoms with Crippen LogP contribution in [0.1, 0.15) is 5.56 Å². The molecule has 7 rings (SSSR count). The van der Waals surface area contributed by atoms with Crippen LogP contribution >= 0.6 is 11.8 Å². The van der Waals surface area contributed by atoms with E-state index in [-0.39, 0.29) is 5.37 Å². The lowest BCUT2D eigenvalue weighted by molar-refractivity contribution is 0.870. The number of hydrogen-bond donors (Lipinski definition) is 0. The third-order valence-electron chi connectivity index (χ3n) is 7.20. The fraction of sp³-hybridized carbons (Fsp3) is 0.0571. The summed E-state index contributed by atoms with van der Waals surface area (Å²) >= 11 is 1.95. The van der Waals surface area contributed by atoms with E-state index in [4.69, 9.17) is 4.98 Å². The van der Waals surface area contributed by atoms with Gasteiger partial charge in [0.2, 0.25) is 0 Å². The lowest BCUT2D eigenvalue weighted by atomic mass is 10.00. The molecular weight excluding hydrogens is 480 g/mol. The molecule has 0 radical (unpaired) electrons. The van der Waals surface area contributed by atoms with Crippen molar-refractivity contribution in [3.05, 3.63) is 145 Å². The van der Waals surface area contributed by atoms with Crippen molar-refractivity contribution in [3.63, 3.8) is 0 Å². The molecule has 0 N–H and O–H groups in total. The minimum atomic E-state index is 0.236. The normalized spacial score (nSPS) is 14.4. The third kappa shape index (κ3) is 4.25. The fourth-order valence-electron chi connectivity index (χ4n) is 5.39. The molecule has 0 fully saturated rings. The third-order valence-corrected chi connectivity index (χ3v) is 8.49. The van der Waals surface area contributed by atoms with Gasteiger partial charge in [0.25, 0.3) is 0 Å². The standard InChI is InChI=1S/C35H26N2S/c1-3-11-25(12-4-1)27-14-9-17-29(23-27)37(28-15-5-2-6-16-28)35-24-31-30(18-10-20-34(31)38-35)33-22-21-26-13-7-8-19-32(26)36-33/h1-23,35H,24H2. The Morgan fingerprint density at radius 3 is 2.18 bits per heavy atom. The number of para-hydroxylation sites is 2. The number of hydrogen-bond acceptors (Lipinski definition) is 3. The topological polar surface area (TPSA) is 16.1 Å². The quantitative estimate of drug-likeness (QED) is 0.232. The van der Waals surface area contributed by atoms with Crippen LogP contribution in [0, 0.1) is 0 Å². The van der Waals surface area contributed by atoms with Crippen molar-refractivity contribution in [2.24, 2.45) is 0 Å². The van der Waals surface area contributed by atoms with Gasteiger partial charge in [-0.25, -0.2) is 4.98 Å². The van der Waals surface area contributed by atoms with Crippen molar-refractivity contribution >= 4 is 34.0 Å². The Bertz CT molecular complexity index is 1730. The fourth-order valence-corrected chi connectivity index (χ4v) is 6.77. The van der Waals surface area contributed by atoms with Gasteiger partial charge in [-0.3, -0.25) is 0 Å². The van der Waals surface area contributed by atoms with Crippen LogP contribution < -0.4 is 4.90 Å². The molecule has 1 aromatic heterocycles. The first-order valence-corrected chi connectivity index (χ1v) is 13.9. The molecule has 0 saturated carbocycles. The van der Waals surface area contributed by atoms with E-state index >= 15 is 0 Å². The number of fused-ring (bicyclic) bond motifs is 2. The van der Waals surface area contributed by atoms with Crippen molar-refractivity contribution in [2.75, 3.05) is 4.90 Å². The highest BCUT2D eigenvalue weighted by Crippen LogP contribution is 2.46. The summed E-state index contributed by atoms with van der Waals surface area (Å²) in [7, 11) is 0. The summed E-state index contributed by atoms with van der Waals surface area (Å²) in [5, 5.41) is 1.41. The molecule has 38 heavy (non-hydrogen) atoms. The van der Waals surface area contributed by atoms with E-state index in [1.165, 1.54) is 43.9 Å². The average Bonchev–Trinajstić information content (AvgIpc) is 3.42. The number of benzene rings is 5. The van der Waals surface area contributed by atoms with Crippen LogP contribution in [0.2, 0.25) is 0 Å². The van der Waals surface area contributed by atoms with Gasteiger partial charge >= 0.3 is 0 Å². The van der Waals surface area contributed by atoms with Crippen molar-refractivity contribution in [1.82, 2.24) is 4.98 Å². The highest BCUT2D eigenvalue weighted by molar-refractivity contribution is 8.00. The van der Waals surface area contributed by atoms with Crippen LogP contribution in [0.3, 0.4) is 0 Å². The van der Waals surface area contributed by atoms with E-state index in [2.05, 4.69) is 144 Å². The van der Waals surface area contributed by atoms with Crippen molar-refractivity contribution in [2.45, 2.75) is 16.7 Å². The Morgan fingerprint density at radius 1 is 0.605 bits per heavy atom. The van der Waals surface area contributed by atoms with Crippen LogP contribution in [0.5, 0.6) is 0 Å². The number of rotatable bonds is 5. The smallest absolute Gasteiger partial charge is 0.0886 e. The molecule has 3 heteroatoms. The van der Waals surface area contributed by atoms with Gasteiger partial charge in [-0.05, 0) is 59.2 Å². The van der Waals surface area contributed by atoms with Crippen molar-refractivity contribution in [1.29, 1.82) is 0 Å². The molecule has 2 nitrogen and oxygen atoms in total. The molecule has 0 bridgehead atoms. The van der Waals surface area contributed by atoms with Crippen LogP contribution in [0.4, 0.5) is 11.4 Å². The molecule has 6 aromatic rings. The monoisotopic (exact) mass is 506 g/mol. The lowest BCUT2D eigenvalue weighted by Gasteiger charge is -2.31. The van der Waals surface area contributed by atoms with E-state index in [1.807, 2.05) is 11.8 Å². The van der Waals surface area contributed by atoms with Gasteiger partial charge in [-0.2, -0.15) is 0 Å². The minimum Gasteiger partial charge on any atom is -0.328 e. The van der Waals surface area contributed by atoms with Crippen molar-refractivity contribution < 1.29 is 0 Å². The van der Waals surface area contributed by atoms with Crippen LogP contribution in [-0.2, 0) is 6.42 Å². The minimum absolute atomic E-state index is 0.236. The summed E-state index contributed by atoms with van der Waals surface area (Å²) < 4.78 is 0. The largest absolute Gasteiger partial charge is 0.328 e. The second-order valence-electron chi connectivity index (χ2n) is 9.57. The number of nitrogens with zero attached hydrogens (tertiary/aromatic N) is 2. The highest BCUT2D eigenvalue weighted by atomic mass is 32.2. The lowest BCUT2D eigenvalue weighted by Crippen LogP contribution is -2.28. The molecule has 1 aliphatic heterocycles. The van der Waals surface area contributed by atoms with Gasteiger partial charge in [0.05, 0.1) is 16.6 Å². The number of aromatic nitrogens is 1. The molecule has 1 aliphatic rings. The summed E-state index contributed by atoms with van der Waals surface area (Å²) in [6, 6.07) is 49.6. The molecule has 0 spiro atoms. The maximum atomic E-state index is 5.03. The SMILES string of the molecule is c1ccc(-c2cccc(N(c3ccccc3)C3Cc4c(cccc4-c4ccc5ccccc5n4)S3)c2)cc1. The zero-order chi connectivity index (χ0) is 25.3. The predicted octanol–water partition coefficient (Wildman–Crippen LogP) is 9.38. The van der Waals surface area contributed by atoms with E-state index in [0.717, 1.165) is 17.6 Å². The first kappa shape index (κ1) is 22.8. The van der Waals surface area contributed by atoms with Gasteiger partial charge in [0.1, 0.15) is 0 Å². The van der Waals surface area contributed by atoms with Gasteiger partial charge in [0.15, 0.2) is 0 Å². The molecule has 0 amide bonds. The molecule has 0 aliphatic carbocycles. The molecule has 0 saturated heterocycles. The first-order chi connectivity index (χ1) is 18.8. The molecule has 182 valence electrons. The zero-order valence-electron chi connectivity index (χ0n) is 20.9. The number of thioether (sulfide) groups is 1. The number of pyridine rings is 1. The maximum absolute atomic E-state index is 5.03. The second kappa shape index (κ2) is 9.85. The molecule has 2 heterocycles. The van der Waals surface area contributed by atoms with E-state index in [9.17, 15) is 0 Å². The van der Waals surface area contributed by atoms with Gasteiger partial charge in [-0.1, -0.05) is 97.1 Å². The maximum Gasteiger partial charge on any atom is 0.0886 e. The Labute approximate surface area is 227 Å². The second-order valence-corrected chi connectivity index (χ2v) is 10.8. The van der Waals surface area contributed by atoms with E-state index in [0.29, 0.717) is 0 Å². The number of anilines is 2. The van der Waals surface area contributed by atoms with Crippen LogP contribution in [0.15, 0.2) is 144 Å². The van der Waals surface area contributed by atoms with Crippen LogP contribution in [-0.4, -0.2) is 10.4 Å². The van der Waals surface area contributed by atoms with Gasteiger partial charge in [0, 0.05) is 33.6 Å². The van der Waals surface area contributed by atoms with E-state index in [1.54, 1.807) is 0 Å². The molecule has 1 unspecified atom stereocenters. The summed E-state index contributed by atoms with van der Waals surface area (Å²) in [6.07, 6.45) is 0.940. The van der Waals surface area contributed by atoms with Crippen molar-refractivity contribution in [3.8, 4) is 22.4 Å². The van der Waals surface area contributed by atoms with Crippen LogP contribution in [0.25, 0.3) is 33.3 Å². The summed E-state index contributed by atoms with van der Waals surface area (Å²) in [5.41, 5.74) is 9.55.